The predicted molar refractivity (Wildman–Crippen MR) is 88.3 cm³/mol. The maximum absolute atomic E-state index is 6.66. The molecule has 1 aromatic rings. The van der Waals surface area contributed by atoms with Crippen molar-refractivity contribution < 1.29 is 4.43 Å². The van der Waals surface area contributed by atoms with Crippen LogP contribution in [-0.4, -0.2) is 8.32 Å². The lowest BCUT2D eigenvalue weighted by molar-refractivity contribution is 0.486. The van der Waals surface area contributed by atoms with Crippen molar-refractivity contribution in [3.05, 3.63) is 28.8 Å². The van der Waals surface area contributed by atoms with Gasteiger partial charge >= 0.3 is 0 Å². The SMILES string of the molecule is CC(C)(C)[Si](C)(C)Oc1cc2c(cc1C1CC1)CCC2. The van der Waals surface area contributed by atoms with Crippen molar-refractivity contribution in [2.75, 3.05) is 0 Å². The Hall–Kier alpha value is -0.763. The van der Waals surface area contributed by atoms with Gasteiger partial charge in [0.1, 0.15) is 5.75 Å². The van der Waals surface area contributed by atoms with E-state index in [1.165, 1.54) is 43.4 Å². The molecule has 0 unspecified atom stereocenters. The summed E-state index contributed by atoms with van der Waals surface area (Å²) in [4.78, 5) is 0. The summed E-state index contributed by atoms with van der Waals surface area (Å²) in [5, 5.41) is 0.271. The molecule has 2 aliphatic carbocycles. The largest absolute Gasteiger partial charge is 0.543 e. The Bertz CT molecular complexity index is 521. The first kappa shape index (κ1) is 14.2. The van der Waals surface area contributed by atoms with Crippen LogP contribution < -0.4 is 4.43 Å². The third kappa shape index (κ3) is 2.55. The minimum atomic E-state index is -1.73. The second-order valence-corrected chi connectivity index (χ2v) is 12.9. The molecule has 0 spiro atoms. The molecule has 1 aromatic carbocycles. The molecule has 0 radical (unpaired) electrons. The summed E-state index contributed by atoms with van der Waals surface area (Å²) < 4.78 is 6.66. The van der Waals surface area contributed by atoms with Gasteiger partial charge in [0.15, 0.2) is 0 Å². The Morgan fingerprint density at radius 1 is 1.05 bits per heavy atom. The molecule has 0 aliphatic heterocycles. The van der Waals surface area contributed by atoms with E-state index in [-0.39, 0.29) is 5.04 Å². The van der Waals surface area contributed by atoms with Crippen molar-refractivity contribution in [3.63, 3.8) is 0 Å². The van der Waals surface area contributed by atoms with Gasteiger partial charge in [-0.15, -0.1) is 0 Å². The van der Waals surface area contributed by atoms with Crippen LogP contribution in [0.2, 0.25) is 18.1 Å². The van der Waals surface area contributed by atoms with E-state index < -0.39 is 8.32 Å². The number of hydrogen-bond acceptors (Lipinski definition) is 1. The van der Waals surface area contributed by atoms with Gasteiger partial charge < -0.3 is 4.43 Å². The first-order valence-corrected chi connectivity index (χ1v) is 11.0. The van der Waals surface area contributed by atoms with Gasteiger partial charge in [0.2, 0.25) is 8.32 Å². The molecule has 0 heterocycles. The zero-order chi connectivity index (χ0) is 14.5. The first-order chi connectivity index (χ1) is 9.28. The molecular formula is C18H28OSi. The van der Waals surface area contributed by atoms with Gasteiger partial charge in [0.05, 0.1) is 0 Å². The van der Waals surface area contributed by atoms with E-state index in [1.807, 2.05) is 0 Å². The molecule has 1 nitrogen and oxygen atoms in total. The van der Waals surface area contributed by atoms with Crippen LogP contribution in [-0.2, 0) is 12.8 Å². The summed E-state index contributed by atoms with van der Waals surface area (Å²) in [6, 6.07) is 4.86. The van der Waals surface area contributed by atoms with Gasteiger partial charge in [-0.1, -0.05) is 26.8 Å². The third-order valence-electron chi connectivity index (χ3n) is 5.41. The number of fused-ring (bicyclic) bond motifs is 1. The van der Waals surface area contributed by atoms with E-state index in [2.05, 4.69) is 46.0 Å². The van der Waals surface area contributed by atoms with Crippen molar-refractivity contribution >= 4 is 8.32 Å². The molecule has 1 fully saturated rings. The second-order valence-electron chi connectivity index (χ2n) is 8.15. The lowest BCUT2D eigenvalue weighted by Crippen LogP contribution is -2.44. The average Bonchev–Trinajstić information content (AvgIpc) is 3.06. The number of hydrogen-bond donors (Lipinski definition) is 0. The van der Waals surface area contributed by atoms with Gasteiger partial charge in [-0.2, -0.15) is 0 Å². The molecule has 2 heteroatoms. The van der Waals surface area contributed by atoms with E-state index in [1.54, 1.807) is 11.1 Å². The Morgan fingerprint density at radius 3 is 2.20 bits per heavy atom. The minimum absolute atomic E-state index is 0.271. The summed E-state index contributed by atoms with van der Waals surface area (Å²) in [7, 11) is -1.73. The fourth-order valence-corrected chi connectivity index (χ4v) is 3.88. The van der Waals surface area contributed by atoms with Crippen LogP contribution >= 0.6 is 0 Å². The Labute approximate surface area is 124 Å². The highest BCUT2D eigenvalue weighted by Gasteiger charge is 2.40. The summed E-state index contributed by atoms with van der Waals surface area (Å²) in [6.45, 7) is 11.7. The van der Waals surface area contributed by atoms with E-state index in [0.717, 1.165) is 5.92 Å². The Balaban J connectivity index is 1.96. The van der Waals surface area contributed by atoms with E-state index in [0.29, 0.717) is 0 Å². The van der Waals surface area contributed by atoms with E-state index in [9.17, 15) is 0 Å². The molecule has 110 valence electrons. The Kier molecular flexibility index (Phi) is 3.28. The topological polar surface area (TPSA) is 9.23 Å². The van der Waals surface area contributed by atoms with Gasteiger partial charge in [-0.25, -0.2) is 0 Å². The monoisotopic (exact) mass is 288 g/mol. The van der Waals surface area contributed by atoms with Crippen molar-refractivity contribution in [3.8, 4) is 5.75 Å². The summed E-state index contributed by atoms with van der Waals surface area (Å²) in [5.74, 6) is 2.00. The molecule has 3 rings (SSSR count). The van der Waals surface area contributed by atoms with Crippen LogP contribution in [0.3, 0.4) is 0 Å². The maximum atomic E-state index is 6.66. The van der Waals surface area contributed by atoms with Crippen LogP contribution in [0.5, 0.6) is 5.75 Å². The van der Waals surface area contributed by atoms with Crippen LogP contribution in [0, 0.1) is 0 Å². The molecule has 0 bridgehead atoms. The maximum Gasteiger partial charge on any atom is 0.250 e. The summed E-state index contributed by atoms with van der Waals surface area (Å²) in [6.07, 6.45) is 6.55. The third-order valence-corrected chi connectivity index (χ3v) is 9.76. The molecule has 0 aromatic heterocycles. The molecular weight excluding hydrogens is 260 g/mol. The van der Waals surface area contributed by atoms with E-state index in [4.69, 9.17) is 4.43 Å². The summed E-state index contributed by atoms with van der Waals surface area (Å²) >= 11 is 0. The highest BCUT2D eigenvalue weighted by Crippen LogP contribution is 2.48. The smallest absolute Gasteiger partial charge is 0.250 e. The van der Waals surface area contributed by atoms with Crippen LogP contribution in [0.25, 0.3) is 0 Å². The minimum Gasteiger partial charge on any atom is -0.543 e. The van der Waals surface area contributed by atoms with Crippen molar-refractivity contribution in [2.24, 2.45) is 0 Å². The fourth-order valence-electron chi connectivity index (χ4n) is 2.85. The zero-order valence-electron chi connectivity index (χ0n) is 13.7. The average molecular weight is 289 g/mol. The highest BCUT2D eigenvalue weighted by atomic mass is 28.4. The number of benzene rings is 1. The van der Waals surface area contributed by atoms with Crippen molar-refractivity contribution in [1.82, 2.24) is 0 Å². The normalized spacial score (nSPS) is 19.1. The molecule has 20 heavy (non-hydrogen) atoms. The van der Waals surface area contributed by atoms with Crippen molar-refractivity contribution in [2.45, 2.75) is 76.9 Å². The van der Waals surface area contributed by atoms with Crippen LogP contribution in [0.15, 0.2) is 12.1 Å². The Morgan fingerprint density at radius 2 is 1.65 bits per heavy atom. The molecule has 0 atom stereocenters. The number of aryl methyl sites for hydroxylation is 2. The van der Waals surface area contributed by atoms with Gasteiger partial charge in [0, 0.05) is 0 Å². The molecule has 0 N–H and O–H groups in total. The molecule has 0 amide bonds. The lowest BCUT2D eigenvalue weighted by Gasteiger charge is -2.37. The van der Waals surface area contributed by atoms with Crippen LogP contribution in [0.1, 0.15) is 62.6 Å². The quantitative estimate of drug-likeness (QED) is 0.673. The highest BCUT2D eigenvalue weighted by molar-refractivity contribution is 6.74. The van der Waals surface area contributed by atoms with Crippen LogP contribution in [0.4, 0.5) is 0 Å². The molecule has 0 saturated heterocycles. The van der Waals surface area contributed by atoms with Gasteiger partial charge in [-0.3, -0.25) is 0 Å². The lowest BCUT2D eigenvalue weighted by atomic mass is 10.0. The fraction of sp³-hybridized carbons (Fsp3) is 0.667. The molecule has 2 aliphatic rings. The molecule has 1 saturated carbocycles. The predicted octanol–water partition coefficient (Wildman–Crippen LogP) is 5.44. The van der Waals surface area contributed by atoms with Gasteiger partial charge in [-0.05, 0) is 78.9 Å². The number of rotatable bonds is 3. The summed E-state index contributed by atoms with van der Waals surface area (Å²) in [5.41, 5.74) is 4.65. The van der Waals surface area contributed by atoms with Gasteiger partial charge in [0.25, 0.3) is 0 Å². The van der Waals surface area contributed by atoms with E-state index >= 15 is 0 Å². The second kappa shape index (κ2) is 4.62. The standard InChI is InChI=1S/C18H28OSi/c1-18(2,3)20(4,5)19-17-12-15-8-6-7-14(15)11-16(17)13-9-10-13/h11-13H,6-10H2,1-5H3. The van der Waals surface area contributed by atoms with Crippen molar-refractivity contribution in [1.29, 1.82) is 0 Å². The zero-order valence-corrected chi connectivity index (χ0v) is 14.7. The first-order valence-electron chi connectivity index (χ1n) is 8.13.